The molecule has 1 saturated heterocycles. The van der Waals surface area contributed by atoms with Crippen LogP contribution in [0.2, 0.25) is 5.02 Å². The fraction of sp³-hybridized carbons (Fsp3) is 0.429. The van der Waals surface area contributed by atoms with Gasteiger partial charge in [-0.05, 0) is 30.2 Å². The smallest absolute Gasteiger partial charge is 0.251 e. The third-order valence-corrected chi connectivity index (χ3v) is 5.59. The Morgan fingerprint density at radius 1 is 1.14 bits per heavy atom. The molecule has 3 rings (SSSR count). The van der Waals surface area contributed by atoms with Crippen LogP contribution in [0.3, 0.4) is 0 Å². The Hall–Kier alpha value is -2.67. The molecule has 2 amide bonds. The van der Waals surface area contributed by atoms with Crippen LogP contribution in [0.1, 0.15) is 30.6 Å². The molecule has 154 valence electrons. The zero-order valence-corrected chi connectivity index (χ0v) is 17.5. The number of aromatic nitrogens is 2. The van der Waals surface area contributed by atoms with Crippen molar-refractivity contribution in [2.45, 2.75) is 26.3 Å². The molecule has 29 heavy (non-hydrogen) atoms. The third kappa shape index (κ3) is 5.23. The van der Waals surface area contributed by atoms with Crippen molar-refractivity contribution >= 4 is 29.2 Å². The Labute approximate surface area is 176 Å². The van der Waals surface area contributed by atoms with Crippen molar-refractivity contribution in [2.75, 3.05) is 31.1 Å². The van der Waals surface area contributed by atoms with Crippen molar-refractivity contribution in [2.24, 2.45) is 5.92 Å². The molecule has 0 unspecified atom stereocenters. The van der Waals surface area contributed by atoms with E-state index in [1.54, 1.807) is 42.9 Å². The standard InChI is InChI=1S/C21H26ClN5O2/c1-3-15(2)19(25-20(28)16-4-6-17(22)7-5-16)21(29)27-12-10-26(11-13-27)18-14-23-8-9-24-18/h4-9,14-15,19H,3,10-13H2,1-2H3,(H,25,28)/t15-,19-/m0/s1. The second-order valence-corrected chi connectivity index (χ2v) is 7.66. The molecule has 1 N–H and O–H groups in total. The average Bonchev–Trinajstić information content (AvgIpc) is 2.77. The van der Waals surface area contributed by atoms with E-state index in [0.717, 1.165) is 12.2 Å². The molecule has 2 atom stereocenters. The van der Waals surface area contributed by atoms with E-state index in [-0.39, 0.29) is 17.7 Å². The molecule has 1 aliphatic rings. The lowest BCUT2D eigenvalue weighted by atomic mass is 9.97. The van der Waals surface area contributed by atoms with E-state index >= 15 is 0 Å². The van der Waals surface area contributed by atoms with Gasteiger partial charge in [-0.1, -0.05) is 31.9 Å². The van der Waals surface area contributed by atoms with E-state index in [1.165, 1.54) is 0 Å². The number of amides is 2. The van der Waals surface area contributed by atoms with Crippen LogP contribution in [-0.4, -0.2) is 58.9 Å². The Bertz CT molecular complexity index is 823. The molecule has 7 nitrogen and oxygen atoms in total. The van der Waals surface area contributed by atoms with Gasteiger partial charge in [-0.3, -0.25) is 14.6 Å². The van der Waals surface area contributed by atoms with Gasteiger partial charge in [-0.25, -0.2) is 4.98 Å². The summed E-state index contributed by atoms with van der Waals surface area (Å²) in [6, 6.07) is 6.10. The highest BCUT2D eigenvalue weighted by atomic mass is 35.5. The number of nitrogens with zero attached hydrogens (tertiary/aromatic N) is 4. The van der Waals surface area contributed by atoms with Crippen LogP contribution < -0.4 is 10.2 Å². The second-order valence-electron chi connectivity index (χ2n) is 7.22. The lowest BCUT2D eigenvalue weighted by Crippen LogP contribution is -2.56. The van der Waals surface area contributed by atoms with Gasteiger partial charge in [0.15, 0.2) is 0 Å². The number of carbonyl (C=O) groups excluding carboxylic acids is 2. The number of benzene rings is 1. The normalized spacial score (nSPS) is 16.2. The minimum Gasteiger partial charge on any atom is -0.352 e. The number of nitrogens with one attached hydrogen (secondary N) is 1. The predicted octanol–water partition coefficient (Wildman–Crippen LogP) is 2.62. The summed E-state index contributed by atoms with van der Waals surface area (Å²) in [6.45, 7) is 6.54. The molecule has 0 bridgehead atoms. The Morgan fingerprint density at radius 3 is 2.41 bits per heavy atom. The number of anilines is 1. The Kier molecular flexibility index (Phi) is 7.04. The van der Waals surface area contributed by atoms with Gasteiger partial charge in [0, 0.05) is 49.2 Å². The summed E-state index contributed by atoms with van der Waals surface area (Å²) in [5, 5.41) is 3.50. The number of rotatable bonds is 6. The van der Waals surface area contributed by atoms with Crippen LogP contribution >= 0.6 is 11.6 Å². The summed E-state index contributed by atoms with van der Waals surface area (Å²) in [6.07, 6.45) is 5.82. The van der Waals surface area contributed by atoms with Crippen LogP contribution in [0, 0.1) is 5.92 Å². The van der Waals surface area contributed by atoms with Crippen molar-refractivity contribution in [1.29, 1.82) is 0 Å². The number of carbonyl (C=O) groups is 2. The molecule has 1 aromatic carbocycles. The molecule has 0 spiro atoms. The van der Waals surface area contributed by atoms with Gasteiger partial charge in [0.1, 0.15) is 11.9 Å². The highest BCUT2D eigenvalue weighted by molar-refractivity contribution is 6.30. The van der Waals surface area contributed by atoms with Crippen molar-refractivity contribution < 1.29 is 9.59 Å². The number of halogens is 1. The van der Waals surface area contributed by atoms with E-state index in [1.807, 2.05) is 18.7 Å². The first-order chi connectivity index (χ1) is 14.0. The maximum atomic E-state index is 13.2. The quantitative estimate of drug-likeness (QED) is 0.784. The molecule has 8 heteroatoms. The highest BCUT2D eigenvalue weighted by Gasteiger charge is 2.32. The fourth-order valence-corrected chi connectivity index (χ4v) is 3.44. The van der Waals surface area contributed by atoms with Crippen LogP contribution in [0.5, 0.6) is 0 Å². The first-order valence-corrected chi connectivity index (χ1v) is 10.2. The fourth-order valence-electron chi connectivity index (χ4n) is 3.32. The molecule has 1 aromatic heterocycles. The molecule has 0 aliphatic carbocycles. The summed E-state index contributed by atoms with van der Waals surface area (Å²) in [5.74, 6) is 0.532. The number of piperazine rings is 1. The molecule has 2 aromatic rings. The van der Waals surface area contributed by atoms with Gasteiger partial charge in [0.25, 0.3) is 5.91 Å². The largest absolute Gasteiger partial charge is 0.352 e. The summed E-state index contributed by atoms with van der Waals surface area (Å²) >= 11 is 5.90. The number of hydrogen-bond acceptors (Lipinski definition) is 5. The number of hydrogen-bond donors (Lipinski definition) is 1. The van der Waals surface area contributed by atoms with Crippen LogP contribution in [-0.2, 0) is 4.79 Å². The van der Waals surface area contributed by atoms with E-state index in [9.17, 15) is 9.59 Å². The highest BCUT2D eigenvalue weighted by Crippen LogP contribution is 2.17. The van der Waals surface area contributed by atoms with Crippen LogP contribution in [0.4, 0.5) is 5.82 Å². The van der Waals surface area contributed by atoms with E-state index in [0.29, 0.717) is 36.8 Å². The molecule has 0 saturated carbocycles. The summed E-state index contributed by atoms with van der Waals surface area (Å²) in [5.41, 5.74) is 0.489. The SMILES string of the molecule is CC[C@H](C)[C@H](NC(=O)c1ccc(Cl)cc1)C(=O)N1CCN(c2cnccn2)CC1. The lowest BCUT2D eigenvalue weighted by molar-refractivity contribution is -0.134. The van der Waals surface area contributed by atoms with Gasteiger partial charge in [0.2, 0.25) is 5.91 Å². The minimum absolute atomic E-state index is 0.0248. The summed E-state index contributed by atoms with van der Waals surface area (Å²) in [4.78, 5) is 38.2. The molecule has 2 heterocycles. The van der Waals surface area contributed by atoms with Crippen molar-refractivity contribution in [3.05, 3.63) is 53.4 Å². The van der Waals surface area contributed by atoms with Gasteiger partial charge in [-0.2, -0.15) is 0 Å². The van der Waals surface area contributed by atoms with Crippen molar-refractivity contribution in [3.63, 3.8) is 0 Å². The predicted molar refractivity (Wildman–Crippen MR) is 113 cm³/mol. The molecule has 0 radical (unpaired) electrons. The molecule has 1 fully saturated rings. The topological polar surface area (TPSA) is 78.4 Å². The van der Waals surface area contributed by atoms with Crippen LogP contribution in [0.15, 0.2) is 42.9 Å². The third-order valence-electron chi connectivity index (χ3n) is 5.34. The first kappa shape index (κ1) is 21.0. The van der Waals surface area contributed by atoms with Gasteiger partial charge < -0.3 is 15.1 Å². The van der Waals surface area contributed by atoms with Gasteiger partial charge in [0.05, 0.1) is 6.20 Å². The lowest BCUT2D eigenvalue weighted by Gasteiger charge is -2.38. The van der Waals surface area contributed by atoms with Gasteiger partial charge >= 0.3 is 0 Å². The summed E-state index contributed by atoms with van der Waals surface area (Å²) in [7, 11) is 0. The zero-order valence-electron chi connectivity index (χ0n) is 16.7. The van der Waals surface area contributed by atoms with Crippen LogP contribution in [0.25, 0.3) is 0 Å². The first-order valence-electron chi connectivity index (χ1n) is 9.85. The summed E-state index contributed by atoms with van der Waals surface area (Å²) < 4.78 is 0. The monoisotopic (exact) mass is 415 g/mol. The molecular weight excluding hydrogens is 390 g/mol. The Balaban J connectivity index is 1.65. The van der Waals surface area contributed by atoms with E-state index < -0.39 is 6.04 Å². The van der Waals surface area contributed by atoms with Crippen molar-refractivity contribution in [1.82, 2.24) is 20.2 Å². The van der Waals surface area contributed by atoms with Gasteiger partial charge in [-0.15, -0.1) is 0 Å². The second kappa shape index (κ2) is 9.69. The van der Waals surface area contributed by atoms with Crippen molar-refractivity contribution in [3.8, 4) is 0 Å². The van der Waals surface area contributed by atoms with E-state index in [2.05, 4.69) is 20.2 Å². The molecule has 1 aliphatic heterocycles. The zero-order chi connectivity index (χ0) is 20.8. The maximum Gasteiger partial charge on any atom is 0.251 e. The molecular formula is C21H26ClN5O2. The maximum absolute atomic E-state index is 13.2. The van der Waals surface area contributed by atoms with E-state index in [4.69, 9.17) is 11.6 Å². The Morgan fingerprint density at radius 2 is 1.83 bits per heavy atom. The average molecular weight is 416 g/mol. The minimum atomic E-state index is -0.564.